The van der Waals surface area contributed by atoms with Crippen LogP contribution in [0, 0.1) is 34.0 Å². The van der Waals surface area contributed by atoms with Crippen molar-refractivity contribution in [3.05, 3.63) is 17.2 Å². The zero-order valence-corrected chi connectivity index (χ0v) is 7.80. The van der Waals surface area contributed by atoms with Gasteiger partial charge in [0.05, 0.1) is 48.9 Å². The average molecular weight is 198 g/mol. The lowest BCUT2D eigenvalue weighted by molar-refractivity contribution is 0.802. The second-order valence-electron chi connectivity index (χ2n) is 2.63. The Morgan fingerprint density at radius 3 is 2.00 bits per heavy atom. The molecule has 0 unspecified atom stereocenters. The minimum absolute atomic E-state index is 0.0538. The summed E-state index contributed by atoms with van der Waals surface area (Å²) in [5.41, 5.74) is 0.833. The first-order valence-corrected chi connectivity index (χ1v) is 4.14. The van der Waals surface area contributed by atoms with E-state index in [9.17, 15) is 0 Å². The zero-order chi connectivity index (χ0) is 11.1. The predicted octanol–water partition coefficient (Wildman–Crippen LogP) is 0.0698. The van der Waals surface area contributed by atoms with Gasteiger partial charge in [0.1, 0.15) is 0 Å². The Morgan fingerprint density at radius 2 is 1.40 bits per heavy atom. The van der Waals surface area contributed by atoms with Gasteiger partial charge in [-0.15, -0.1) is 5.10 Å². The van der Waals surface area contributed by atoms with Gasteiger partial charge in [-0.3, -0.25) is 0 Å². The summed E-state index contributed by atoms with van der Waals surface area (Å²) >= 11 is 0. The molecule has 0 aromatic carbocycles. The molecule has 0 spiro atoms. The van der Waals surface area contributed by atoms with Crippen molar-refractivity contribution in [1.82, 2.24) is 15.2 Å². The highest BCUT2D eigenvalue weighted by molar-refractivity contribution is 5.18. The highest BCUT2D eigenvalue weighted by atomic mass is 15.2. The van der Waals surface area contributed by atoms with Gasteiger partial charge >= 0.3 is 0 Å². The van der Waals surface area contributed by atoms with Gasteiger partial charge in [-0.25, -0.2) is 4.98 Å². The molecule has 0 amide bonds. The van der Waals surface area contributed by atoms with E-state index in [2.05, 4.69) is 15.2 Å². The van der Waals surface area contributed by atoms with Crippen LogP contribution in [0.2, 0.25) is 0 Å². The van der Waals surface area contributed by atoms with Crippen LogP contribution in [0.25, 0.3) is 0 Å². The molecule has 0 aliphatic heterocycles. The normalized spacial score (nSPS) is 8.60. The third-order valence-corrected chi connectivity index (χ3v) is 1.61. The monoisotopic (exact) mass is 198 g/mol. The molecule has 1 heterocycles. The second kappa shape index (κ2) is 5.26. The van der Waals surface area contributed by atoms with E-state index in [1.165, 1.54) is 0 Å². The number of rotatable bonds is 3. The lowest BCUT2D eigenvalue weighted by Crippen LogP contribution is -2.07. The van der Waals surface area contributed by atoms with Crippen LogP contribution in [0.15, 0.2) is 0 Å². The maximum absolute atomic E-state index is 8.55. The number of hydrogen-bond acceptors (Lipinski definition) is 6. The van der Waals surface area contributed by atoms with Gasteiger partial charge in [0.15, 0.2) is 5.82 Å². The fourth-order valence-corrected chi connectivity index (χ4v) is 0.993. The molecule has 0 saturated carbocycles. The van der Waals surface area contributed by atoms with Gasteiger partial charge < -0.3 is 0 Å². The summed E-state index contributed by atoms with van der Waals surface area (Å²) in [5.74, 6) is 0.282. The molecule has 0 saturated heterocycles. The van der Waals surface area contributed by atoms with E-state index >= 15 is 0 Å². The molecule has 0 radical (unpaired) electrons. The molecule has 0 aliphatic rings. The molecule has 1 aromatic rings. The van der Waals surface area contributed by atoms with Crippen LogP contribution in [-0.4, -0.2) is 15.2 Å². The number of nitriles is 3. The first-order valence-electron chi connectivity index (χ1n) is 4.14. The Kier molecular flexibility index (Phi) is 3.70. The van der Waals surface area contributed by atoms with Crippen molar-refractivity contribution in [1.29, 1.82) is 15.8 Å². The van der Waals surface area contributed by atoms with E-state index in [1.54, 1.807) is 0 Å². The number of nitrogens with zero attached hydrogens (tertiary/aromatic N) is 6. The topological polar surface area (TPSA) is 110 Å². The van der Waals surface area contributed by atoms with E-state index in [0.29, 0.717) is 11.4 Å². The molecule has 72 valence electrons. The number of hydrogen-bond donors (Lipinski definition) is 0. The van der Waals surface area contributed by atoms with E-state index in [4.69, 9.17) is 15.8 Å². The fourth-order valence-electron chi connectivity index (χ4n) is 0.993. The van der Waals surface area contributed by atoms with Crippen LogP contribution in [0.5, 0.6) is 0 Å². The second-order valence-corrected chi connectivity index (χ2v) is 2.63. The summed E-state index contributed by atoms with van der Waals surface area (Å²) in [7, 11) is 0. The van der Waals surface area contributed by atoms with Crippen molar-refractivity contribution in [3.8, 4) is 18.2 Å². The number of aromatic nitrogens is 3. The van der Waals surface area contributed by atoms with E-state index < -0.39 is 0 Å². The smallest absolute Gasteiger partial charge is 0.165 e. The van der Waals surface area contributed by atoms with Gasteiger partial charge in [-0.1, -0.05) is 0 Å². The van der Waals surface area contributed by atoms with E-state index in [0.717, 1.165) is 0 Å². The minimum atomic E-state index is 0.0538. The van der Waals surface area contributed by atoms with Crippen molar-refractivity contribution in [3.63, 3.8) is 0 Å². The summed E-state index contributed by atoms with van der Waals surface area (Å²) in [5, 5.41) is 32.9. The molecule has 0 atom stereocenters. The largest absolute Gasteiger partial charge is 0.232 e. The van der Waals surface area contributed by atoms with Crippen LogP contribution in [-0.2, 0) is 19.3 Å². The molecule has 15 heavy (non-hydrogen) atoms. The van der Waals surface area contributed by atoms with Crippen LogP contribution >= 0.6 is 0 Å². The lowest BCUT2D eigenvalue weighted by atomic mass is 10.2. The molecule has 0 aliphatic carbocycles. The highest BCUT2D eigenvalue weighted by Gasteiger charge is 2.08. The molecular formula is C9H6N6. The first kappa shape index (κ1) is 10.6. The standard InChI is InChI=1S/C9H6N6/c10-4-1-7-8(2-5-11)14-15-9(13-7)3-6-12/h1-3H2. The van der Waals surface area contributed by atoms with Crippen LogP contribution in [0.1, 0.15) is 17.2 Å². The van der Waals surface area contributed by atoms with Crippen molar-refractivity contribution < 1.29 is 0 Å². The highest BCUT2D eigenvalue weighted by Crippen LogP contribution is 2.04. The fraction of sp³-hybridized carbons (Fsp3) is 0.333. The van der Waals surface area contributed by atoms with Gasteiger partial charge in [-0.2, -0.15) is 20.9 Å². The molecule has 6 heteroatoms. The quantitative estimate of drug-likeness (QED) is 0.679. The zero-order valence-electron chi connectivity index (χ0n) is 7.80. The SMILES string of the molecule is N#CCc1nnc(CC#N)c(CC#N)n1. The average Bonchev–Trinajstić information content (AvgIpc) is 2.23. The van der Waals surface area contributed by atoms with Crippen LogP contribution in [0.3, 0.4) is 0 Å². The Morgan fingerprint density at radius 1 is 0.800 bits per heavy atom. The Bertz CT molecular complexity index is 473. The van der Waals surface area contributed by atoms with Crippen LogP contribution < -0.4 is 0 Å². The van der Waals surface area contributed by atoms with Crippen molar-refractivity contribution in [2.24, 2.45) is 0 Å². The molecule has 6 nitrogen and oxygen atoms in total. The molecule has 1 rings (SSSR count). The minimum Gasteiger partial charge on any atom is -0.232 e. The third-order valence-electron chi connectivity index (χ3n) is 1.61. The molecule has 0 bridgehead atoms. The maximum atomic E-state index is 8.55. The summed E-state index contributed by atoms with van der Waals surface area (Å²) in [6, 6.07) is 5.74. The molecular weight excluding hydrogens is 192 g/mol. The van der Waals surface area contributed by atoms with Crippen molar-refractivity contribution in [2.45, 2.75) is 19.3 Å². The van der Waals surface area contributed by atoms with Gasteiger partial charge in [0.2, 0.25) is 0 Å². The molecule has 1 aromatic heterocycles. The van der Waals surface area contributed by atoms with Gasteiger partial charge in [0, 0.05) is 0 Å². The summed E-state index contributed by atoms with van der Waals surface area (Å²) in [6.45, 7) is 0. The Labute approximate surface area is 86.4 Å². The van der Waals surface area contributed by atoms with Gasteiger partial charge in [-0.05, 0) is 0 Å². The Hall–Kier alpha value is -2.52. The molecule has 0 fully saturated rings. The predicted molar refractivity (Wildman–Crippen MR) is 47.8 cm³/mol. The summed E-state index contributed by atoms with van der Waals surface area (Å²) < 4.78 is 0. The van der Waals surface area contributed by atoms with E-state index in [-0.39, 0.29) is 25.1 Å². The summed E-state index contributed by atoms with van der Waals surface area (Å²) in [6.07, 6.45) is 0.201. The van der Waals surface area contributed by atoms with Gasteiger partial charge in [0.25, 0.3) is 0 Å². The van der Waals surface area contributed by atoms with E-state index in [1.807, 2.05) is 18.2 Å². The Balaban J connectivity index is 3.06. The first-order chi connectivity index (χ1) is 7.31. The summed E-state index contributed by atoms with van der Waals surface area (Å²) in [4.78, 5) is 4.00. The molecule has 0 N–H and O–H groups in total. The van der Waals surface area contributed by atoms with Crippen LogP contribution in [0.4, 0.5) is 0 Å². The lowest BCUT2D eigenvalue weighted by Gasteiger charge is -2.00. The maximum Gasteiger partial charge on any atom is 0.165 e. The van der Waals surface area contributed by atoms with Crippen molar-refractivity contribution in [2.75, 3.05) is 0 Å². The van der Waals surface area contributed by atoms with Crippen molar-refractivity contribution >= 4 is 0 Å². The third kappa shape index (κ3) is 2.72.